The van der Waals surface area contributed by atoms with Gasteiger partial charge in [-0.15, -0.1) is 0 Å². The van der Waals surface area contributed by atoms with E-state index in [9.17, 15) is 29.3 Å². The zero-order chi connectivity index (χ0) is 43.1. The van der Waals surface area contributed by atoms with Crippen LogP contribution in [0.5, 0.6) is 0 Å². The monoisotopic (exact) mass is 830 g/mol. The first-order chi connectivity index (χ1) is 29.2. The van der Waals surface area contributed by atoms with Crippen LogP contribution in [-0.2, 0) is 33.2 Å². The predicted octanol–water partition coefficient (Wildman–Crippen LogP) is 5.29. The molecule has 0 aliphatic rings. The number of nitro benzene ring substituents is 1. The average Bonchev–Trinajstić information content (AvgIpc) is 3.28. The Balaban J connectivity index is 1.41. The average molecular weight is 831 g/mol. The van der Waals surface area contributed by atoms with Crippen LogP contribution in [0.25, 0.3) is 0 Å². The molecule has 0 spiro atoms. The van der Waals surface area contributed by atoms with Crippen molar-refractivity contribution >= 4 is 46.4 Å². The molecule has 320 valence electrons. The highest BCUT2D eigenvalue weighted by Gasteiger charge is 2.21. The van der Waals surface area contributed by atoms with Crippen LogP contribution >= 0.6 is 0 Å². The Labute approximate surface area is 348 Å². The Morgan fingerprint density at radius 3 is 1.32 bits per heavy atom. The quantitative estimate of drug-likeness (QED) is 0.0372. The molecule has 0 bridgehead atoms. The first-order valence-electron chi connectivity index (χ1n) is 19.0. The minimum absolute atomic E-state index is 0.144. The van der Waals surface area contributed by atoms with E-state index in [1.807, 2.05) is 0 Å². The molecular formula is C43H50N4O13. The molecule has 17 heteroatoms. The van der Waals surface area contributed by atoms with Crippen LogP contribution in [0.1, 0.15) is 41.4 Å². The number of hydrogen-bond donors (Lipinski definition) is 1. The molecule has 60 heavy (non-hydrogen) atoms. The van der Waals surface area contributed by atoms with Crippen molar-refractivity contribution in [2.24, 2.45) is 0 Å². The van der Waals surface area contributed by atoms with Gasteiger partial charge in [-0.2, -0.15) is 0 Å². The lowest BCUT2D eigenvalue weighted by Crippen LogP contribution is -2.34. The van der Waals surface area contributed by atoms with E-state index in [1.54, 1.807) is 87.0 Å². The molecule has 3 amide bonds. The number of methoxy groups -OCH3 is 3. The minimum atomic E-state index is -0.542. The highest BCUT2D eigenvalue weighted by Crippen LogP contribution is 2.23. The van der Waals surface area contributed by atoms with Gasteiger partial charge in [0, 0.05) is 73.2 Å². The lowest BCUT2D eigenvalue weighted by atomic mass is 10.1. The number of non-ortho nitro benzene ring substituents is 1. The minimum Gasteiger partial charge on any atom is -0.465 e. The van der Waals surface area contributed by atoms with Crippen molar-refractivity contribution in [3.63, 3.8) is 0 Å². The van der Waals surface area contributed by atoms with Gasteiger partial charge in [-0.25, -0.2) is 4.79 Å². The van der Waals surface area contributed by atoms with Crippen LogP contribution in [0.3, 0.4) is 0 Å². The third kappa shape index (κ3) is 14.6. The predicted molar refractivity (Wildman–Crippen MR) is 222 cm³/mol. The maximum absolute atomic E-state index is 13.8. The maximum Gasteiger partial charge on any atom is 0.337 e. The van der Waals surface area contributed by atoms with Gasteiger partial charge in [0.1, 0.15) is 0 Å². The number of carbonyl (C=O) groups excluding carboxylic acids is 4. The SMILES string of the molecule is COCCOCCOCCN(C(=O)c1ccc([N+](=O)[O-])cc1)c1ccc(C(=O)Nc2ccc(C(=O)N(CCOCCOCCOC)c3ccc(C(=O)OC)cc3)cc2)cc1. The number of esters is 1. The van der Waals surface area contributed by atoms with E-state index in [0.717, 1.165) is 0 Å². The molecule has 0 unspecified atom stereocenters. The number of amides is 3. The van der Waals surface area contributed by atoms with Crippen molar-refractivity contribution in [1.82, 2.24) is 0 Å². The molecule has 0 radical (unpaired) electrons. The summed E-state index contributed by atoms with van der Waals surface area (Å²) < 4.78 is 36.9. The highest BCUT2D eigenvalue weighted by molar-refractivity contribution is 6.09. The number of carbonyl (C=O) groups is 4. The summed E-state index contributed by atoms with van der Waals surface area (Å²) >= 11 is 0. The van der Waals surface area contributed by atoms with E-state index in [1.165, 1.54) is 41.2 Å². The van der Waals surface area contributed by atoms with Crippen molar-refractivity contribution < 1.29 is 57.3 Å². The number of nitrogens with zero attached hydrogens (tertiary/aromatic N) is 3. The van der Waals surface area contributed by atoms with Crippen molar-refractivity contribution in [3.8, 4) is 0 Å². The molecule has 17 nitrogen and oxygen atoms in total. The number of nitrogens with one attached hydrogen (secondary N) is 1. The van der Waals surface area contributed by atoms with E-state index < -0.39 is 22.7 Å². The summed E-state index contributed by atoms with van der Waals surface area (Å²) in [6.07, 6.45) is 0. The summed E-state index contributed by atoms with van der Waals surface area (Å²) in [7, 11) is 4.46. The number of benzene rings is 4. The number of nitro groups is 1. The van der Waals surface area contributed by atoms with Gasteiger partial charge in [0.2, 0.25) is 0 Å². The molecule has 0 heterocycles. The summed E-state index contributed by atoms with van der Waals surface area (Å²) in [6.45, 7) is 3.88. The number of hydrogen-bond acceptors (Lipinski definition) is 13. The van der Waals surface area contributed by atoms with Crippen molar-refractivity contribution in [2.45, 2.75) is 0 Å². The lowest BCUT2D eigenvalue weighted by molar-refractivity contribution is -0.384. The van der Waals surface area contributed by atoms with E-state index in [4.69, 9.17) is 33.2 Å². The second-order valence-corrected chi connectivity index (χ2v) is 12.8. The smallest absolute Gasteiger partial charge is 0.337 e. The van der Waals surface area contributed by atoms with Crippen molar-refractivity contribution in [1.29, 1.82) is 0 Å². The van der Waals surface area contributed by atoms with Gasteiger partial charge in [-0.3, -0.25) is 24.5 Å². The first-order valence-corrected chi connectivity index (χ1v) is 19.0. The molecule has 0 aliphatic carbocycles. The van der Waals surface area contributed by atoms with Crippen LogP contribution in [-0.4, -0.2) is 129 Å². The summed E-state index contributed by atoms with van der Waals surface area (Å²) in [6, 6.07) is 24.5. The standard InChI is InChI=1S/C43H50N4O13/c1-54-24-26-59-30-28-57-22-20-45(42(50)34-8-18-39(19-9-34)47(52)53)37-14-6-32(7-15-37)40(48)44-36-12-4-33(5-13-36)41(49)46(21-23-58-29-31-60-27-25-55-2)38-16-10-35(11-17-38)43(51)56-3/h4-19H,20-31H2,1-3H3,(H,44,48). The summed E-state index contributed by atoms with van der Waals surface area (Å²) in [5.74, 6) is -1.67. The number of ether oxygens (including phenoxy) is 7. The third-order valence-corrected chi connectivity index (χ3v) is 8.77. The Morgan fingerprint density at radius 2 is 0.900 bits per heavy atom. The number of anilines is 3. The Hall–Kier alpha value is -6.08. The number of rotatable bonds is 26. The molecule has 4 rings (SSSR count). The Bertz CT molecular complexity index is 1960. The van der Waals surface area contributed by atoms with Gasteiger partial charge in [0.05, 0.1) is 83.7 Å². The summed E-state index contributed by atoms with van der Waals surface area (Å²) in [4.78, 5) is 66.3. The van der Waals surface area contributed by atoms with Crippen LogP contribution in [0.4, 0.5) is 22.7 Å². The second kappa shape index (κ2) is 25.4. The first kappa shape index (κ1) is 46.6. The zero-order valence-electron chi connectivity index (χ0n) is 33.9. The normalized spacial score (nSPS) is 10.8. The zero-order valence-corrected chi connectivity index (χ0v) is 33.9. The molecule has 4 aromatic rings. The topological polar surface area (TPSA) is 195 Å². The van der Waals surface area contributed by atoms with Gasteiger partial charge in [0.25, 0.3) is 23.4 Å². The van der Waals surface area contributed by atoms with Crippen molar-refractivity contribution in [3.05, 3.63) is 129 Å². The highest BCUT2D eigenvalue weighted by atomic mass is 16.6. The Morgan fingerprint density at radius 1 is 0.517 bits per heavy atom. The van der Waals surface area contributed by atoms with Crippen LogP contribution in [0.15, 0.2) is 97.1 Å². The van der Waals surface area contributed by atoms with Gasteiger partial charge in [-0.05, 0) is 84.9 Å². The molecule has 0 saturated carbocycles. The molecular weight excluding hydrogens is 780 g/mol. The van der Waals surface area contributed by atoms with E-state index >= 15 is 0 Å². The fraction of sp³-hybridized carbons (Fsp3) is 0.349. The van der Waals surface area contributed by atoms with Gasteiger partial charge >= 0.3 is 5.97 Å². The van der Waals surface area contributed by atoms with Crippen LogP contribution in [0, 0.1) is 10.1 Å². The molecule has 0 saturated heterocycles. The summed E-state index contributed by atoms with van der Waals surface area (Å²) in [5, 5.41) is 14.0. The van der Waals surface area contributed by atoms with Crippen molar-refractivity contribution in [2.75, 3.05) is 116 Å². The fourth-order valence-electron chi connectivity index (χ4n) is 5.56. The Kier molecular flexibility index (Phi) is 19.7. The maximum atomic E-state index is 13.8. The largest absolute Gasteiger partial charge is 0.465 e. The van der Waals surface area contributed by atoms with Gasteiger partial charge in [-0.1, -0.05) is 0 Å². The summed E-state index contributed by atoms with van der Waals surface area (Å²) in [5.41, 5.74) is 2.52. The third-order valence-electron chi connectivity index (χ3n) is 8.77. The van der Waals surface area contributed by atoms with Crippen LogP contribution < -0.4 is 15.1 Å². The molecule has 0 atom stereocenters. The van der Waals surface area contributed by atoms with E-state index in [-0.39, 0.29) is 43.5 Å². The molecule has 0 fully saturated rings. The molecule has 0 aromatic heterocycles. The second-order valence-electron chi connectivity index (χ2n) is 12.8. The fourth-order valence-corrected chi connectivity index (χ4v) is 5.56. The van der Waals surface area contributed by atoms with E-state index in [0.29, 0.717) is 86.6 Å². The van der Waals surface area contributed by atoms with Gasteiger partial charge < -0.3 is 48.3 Å². The van der Waals surface area contributed by atoms with Gasteiger partial charge in [0.15, 0.2) is 0 Å². The lowest BCUT2D eigenvalue weighted by Gasteiger charge is -2.23. The van der Waals surface area contributed by atoms with Crippen LogP contribution in [0.2, 0.25) is 0 Å². The molecule has 4 aromatic carbocycles. The molecule has 1 N–H and O–H groups in total. The molecule has 0 aliphatic heterocycles. The van der Waals surface area contributed by atoms with E-state index in [2.05, 4.69) is 5.32 Å².